The van der Waals surface area contributed by atoms with Crippen LogP contribution in [0.15, 0.2) is 0 Å². The summed E-state index contributed by atoms with van der Waals surface area (Å²) in [4.78, 5) is 23.1. The molecule has 1 aromatic rings. The van der Waals surface area contributed by atoms with Crippen molar-refractivity contribution in [2.45, 2.75) is 20.3 Å². The van der Waals surface area contributed by atoms with Crippen molar-refractivity contribution in [3.63, 3.8) is 0 Å². The van der Waals surface area contributed by atoms with E-state index in [-0.39, 0.29) is 11.5 Å². The lowest BCUT2D eigenvalue weighted by Gasteiger charge is -2.35. The van der Waals surface area contributed by atoms with Crippen LogP contribution in [0.5, 0.6) is 0 Å². The van der Waals surface area contributed by atoms with Crippen LogP contribution in [0.2, 0.25) is 0 Å². The summed E-state index contributed by atoms with van der Waals surface area (Å²) in [7, 11) is 0. The average Bonchev–Trinajstić information content (AvgIpc) is 2.61. The first kappa shape index (κ1) is 19.6. The van der Waals surface area contributed by atoms with Crippen LogP contribution in [0.1, 0.15) is 20.3 Å². The fourth-order valence-corrected chi connectivity index (χ4v) is 4.03. The first-order chi connectivity index (χ1) is 12.9. The quantitative estimate of drug-likeness (QED) is 0.457. The van der Waals surface area contributed by atoms with Gasteiger partial charge in [0.1, 0.15) is 13.1 Å². The van der Waals surface area contributed by atoms with Crippen molar-refractivity contribution in [3.05, 3.63) is 10.1 Å². The summed E-state index contributed by atoms with van der Waals surface area (Å²) in [5.41, 5.74) is 5.74. The van der Waals surface area contributed by atoms with Crippen molar-refractivity contribution in [3.8, 4) is 0 Å². The summed E-state index contributed by atoms with van der Waals surface area (Å²) in [5, 5.41) is 14.8. The minimum atomic E-state index is -0.476. The van der Waals surface area contributed by atoms with E-state index in [1.54, 1.807) is 0 Å². The number of nitrogens with zero attached hydrogens (tertiary/aromatic N) is 4. The van der Waals surface area contributed by atoms with Crippen LogP contribution in [0.3, 0.4) is 0 Å². The van der Waals surface area contributed by atoms with Crippen molar-refractivity contribution >= 4 is 23.3 Å². The van der Waals surface area contributed by atoms with E-state index in [9.17, 15) is 10.1 Å². The van der Waals surface area contributed by atoms with E-state index in [1.807, 2.05) is 4.90 Å². The molecule has 2 aliphatic heterocycles. The number of nitrogen functional groups attached to an aromatic ring is 1. The normalized spacial score (nSPS) is 24.0. The lowest BCUT2D eigenvalue weighted by Crippen LogP contribution is -3.14. The highest BCUT2D eigenvalue weighted by Crippen LogP contribution is 2.35. The molecule has 2 saturated heterocycles. The largest absolute Gasteiger partial charge is 0.378 e. The number of hydrogen-bond donors (Lipinski definition) is 3. The fourth-order valence-electron chi connectivity index (χ4n) is 4.03. The van der Waals surface area contributed by atoms with Crippen LogP contribution < -0.4 is 20.9 Å². The zero-order valence-corrected chi connectivity index (χ0v) is 16.1. The van der Waals surface area contributed by atoms with Gasteiger partial charge in [-0.3, -0.25) is 10.1 Å². The molecule has 0 unspecified atom stereocenters. The minimum absolute atomic E-state index is 0.0860. The van der Waals surface area contributed by atoms with Gasteiger partial charge in [0.05, 0.1) is 31.2 Å². The van der Waals surface area contributed by atoms with Gasteiger partial charge in [-0.25, -0.2) is 0 Å². The molecular weight excluding hydrogens is 350 g/mol. The first-order valence-electron chi connectivity index (χ1n) is 9.66. The number of nitro groups is 1. The number of aromatic nitrogens is 2. The molecule has 10 nitrogen and oxygen atoms in total. The molecule has 3 heterocycles. The van der Waals surface area contributed by atoms with Gasteiger partial charge in [-0.2, -0.15) is 9.97 Å². The third-order valence-corrected chi connectivity index (χ3v) is 5.21. The highest BCUT2D eigenvalue weighted by molar-refractivity contribution is 5.71. The van der Waals surface area contributed by atoms with E-state index in [1.165, 1.54) is 4.90 Å². The maximum Gasteiger partial charge on any atom is 0.353 e. The monoisotopic (exact) mass is 380 g/mol. The van der Waals surface area contributed by atoms with Crippen LogP contribution in [0, 0.1) is 22.0 Å². The zero-order valence-electron chi connectivity index (χ0n) is 16.1. The molecule has 0 bridgehead atoms. The van der Waals surface area contributed by atoms with Crippen molar-refractivity contribution in [1.82, 2.24) is 9.97 Å². The smallest absolute Gasteiger partial charge is 0.353 e. The summed E-state index contributed by atoms with van der Waals surface area (Å²) in [6.45, 7) is 10.9. The van der Waals surface area contributed by atoms with Crippen LogP contribution in [0.25, 0.3) is 0 Å². The van der Waals surface area contributed by atoms with Crippen LogP contribution in [-0.4, -0.2) is 67.4 Å². The Hall–Kier alpha value is -2.20. The molecule has 150 valence electrons. The second kappa shape index (κ2) is 8.66. The SMILES string of the molecule is C[C@@H]1C[C@@H](C)CN(c2nc(NCC[NH+]3CCOCC3)nc(N)c2[N+](=O)[O-])C1. The highest BCUT2D eigenvalue weighted by atomic mass is 16.6. The van der Waals surface area contributed by atoms with E-state index in [2.05, 4.69) is 29.1 Å². The van der Waals surface area contributed by atoms with E-state index in [0.717, 1.165) is 52.4 Å². The molecule has 0 radical (unpaired) electrons. The lowest BCUT2D eigenvalue weighted by molar-refractivity contribution is -0.906. The summed E-state index contributed by atoms with van der Waals surface area (Å²) < 4.78 is 5.36. The van der Waals surface area contributed by atoms with Crippen LogP contribution in [0.4, 0.5) is 23.3 Å². The summed E-state index contributed by atoms with van der Waals surface area (Å²) in [6, 6.07) is 0. The van der Waals surface area contributed by atoms with Gasteiger partial charge in [0.25, 0.3) is 0 Å². The van der Waals surface area contributed by atoms with Gasteiger partial charge in [-0.1, -0.05) is 13.8 Å². The molecule has 1 aromatic heterocycles. The third kappa shape index (κ3) is 4.95. The predicted molar refractivity (Wildman–Crippen MR) is 103 cm³/mol. The number of ether oxygens (including phenoxy) is 1. The maximum absolute atomic E-state index is 11.6. The van der Waals surface area contributed by atoms with Gasteiger partial charge in [-0.05, 0) is 18.3 Å². The van der Waals surface area contributed by atoms with Crippen LogP contribution >= 0.6 is 0 Å². The van der Waals surface area contributed by atoms with Gasteiger partial charge in [0.15, 0.2) is 0 Å². The summed E-state index contributed by atoms with van der Waals surface area (Å²) in [5.74, 6) is 1.49. The molecule has 0 saturated carbocycles. The second-order valence-corrected chi connectivity index (χ2v) is 7.75. The van der Waals surface area contributed by atoms with Crippen molar-refractivity contribution in [1.29, 1.82) is 0 Å². The Bertz CT molecular complexity index is 656. The van der Waals surface area contributed by atoms with Gasteiger partial charge in [0, 0.05) is 13.1 Å². The topological polar surface area (TPSA) is 124 Å². The van der Waals surface area contributed by atoms with Gasteiger partial charge < -0.3 is 25.6 Å². The molecule has 4 N–H and O–H groups in total. The average molecular weight is 380 g/mol. The van der Waals surface area contributed by atoms with Crippen molar-refractivity contribution in [2.24, 2.45) is 11.8 Å². The molecule has 10 heteroatoms. The maximum atomic E-state index is 11.6. The summed E-state index contributed by atoms with van der Waals surface area (Å²) in [6.07, 6.45) is 1.11. The van der Waals surface area contributed by atoms with Crippen LogP contribution in [-0.2, 0) is 4.74 Å². The molecule has 3 rings (SSSR count). The van der Waals surface area contributed by atoms with Crippen molar-refractivity contribution in [2.75, 3.05) is 68.4 Å². The standard InChI is InChI=1S/C17H29N7O3/c1-12-9-13(2)11-23(10-12)16-14(24(25)26)15(18)20-17(21-16)19-3-4-22-5-7-27-8-6-22/h12-13H,3-11H2,1-2H3,(H3,18,19,20,21)/p+1/t12-,13-/m1/s1. The molecule has 2 atom stereocenters. The lowest BCUT2D eigenvalue weighted by atomic mass is 9.92. The first-order valence-corrected chi connectivity index (χ1v) is 9.66. The Morgan fingerprint density at radius 3 is 2.59 bits per heavy atom. The zero-order chi connectivity index (χ0) is 19.4. The minimum Gasteiger partial charge on any atom is -0.378 e. The number of nitrogens with one attached hydrogen (secondary N) is 2. The Labute approximate surface area is 159 Å². The van der Waals surface area contributed by atoms with E-state index in [4.69, 9.17) is 10.5 Å². The number of quaternary nitrogens is 1. The Kier molecular flexibility index (Phi) is 6.27. The molecule has 0 spiro atoms. The number of piperidine rings is 1. The Morgan fingerprint density at radius 1 is 1.30 bits per heavy atom. The van der Waals surface area contributed by atoms with E-state index in [0.29, 0.717) is 30.1 Å². The number of morpholine rings is 1. The molecule has 0 aliphatic carbocycles. The van der Waals surface area contributed by atoms with Gasteiger partial charge >= 0.3 is 5.69 Å². The Morgan fingerprint density at radius 2 is 1.96 bits per heavy atom. The highest BCUT2D eigenvalue weighted by Gasteiger charge is 2.31. The summed E-state index contributed by atoms with van der Waals surface area (Å²) >= 11 is 0. The molecule has 2 fully saturated rings. The number of anilines is 3. The number of nitrogens with two attached hydrogens (primary N) is 1. The van der Waals surface area contributed by atoms with E-state index < -0.39 is 4.92 Å². The molecule has 27 heavy (non-hydrogen) atoms. The molecule has 0 aromatic carbocycles. The second-order valence-electron chi connectivity index (χ2n) is 7.75. The number of rotatable bonds is 6. The molecule has 0 amide bonds. The number of hydrogen-bond acceptors (Lipinski definition) is 8. The Balaban J connectivity index is 1.75. The molecule has 2 aliphatic rings. The van der Waals surface area contributed by atoms with Gasteiger partial charge in [0.2, 0.25) is 17.6 Å². The fraction of sp³-hybridized carbons (Fsp3) is 0.765. The third-order valence-electron chi connectivity index (χ3n) is 5.21. The van der Waals surface area contributed by atoms with E-state index >= 15 is 0 Å². The predicted octanol–water partition coefficient (Wildman–Crippen LogP) is -0.224. The molecular formula is C17H30N7O3+. The van der Waals surface area contributed by atoms with Gasteiger partial charge in [-0.15, -0.1) is 0 Å². The van der Waals surface area contributed by atoms with Crippen molar-refractivity contribution < 1.29 is 14.6 Å².